The average Bonchev–Trinajstić information content (AvgIpc) is 3.12. The van der Waals surface area contributed by atoms with Gasteiger partial charge in [0.05, 0.1) is 12.2 Å². The van der Waals surface area contributed by atoms with Gasteiger partial charge in [0, 0.05) is 11.7 Å². The van der Waals surface area contributed by atoms with Crippen molar-refractivity contribution in [2.24, 2.45) is 11.8 Å². The first kappa shape index (κ1) is 20.9. The fraction of sp³-hybridized carbons (Fsp3) is 0.952. The third-order valence-corrected chi connectivity index (χ3v) is 9.06. The molecule has 26 heavy (non-hydrogen) atoms. The van der Waals surface area contributed by atoms with Crippen molar-refractivity contribution in [3.05, 3.63) is 0 Å². The second-order valence-corrected chi connectivity index (χ2v) is 10.9. The summed E-state index contributed by atoms with van der Waals surface area (Å²) in [6.07, 6.45) is 15.7. The number of hydrogen-bond acceptors (Lipinski definition) is 4. The molecular weight excluding hydrogens is 364 g/mol. The Balaban J connectivity index is 1.34. The van der Waals surface area contributed by atoms with Crippen LogP contribution in [0.5, 0.6) is 0 Å². The van der Waals surface area contributed by atoms with Gasteiger partial charge in [-0.1, -0.05) is 25.7 Å². The highest BCUT2D eigenvalue weighted by atomic mass is 32.2. The van der Waals surface area contributed by atoms with Crippen LogP contribution in [0.25, 0.3) is 0 Å². The molecule has 3 nitrogen and oxygen atoms in total. The van der Waals surface area contributed by atoms with Crippen molar-refractivity contribution in [2.45, 2.75) is 94.5 Å². The zero-order valence-electron chi connectivity index (χ0n) is 16.1. The quantitative estimate of drug-likeness (QED) is 0.360. The van der Waals surface area contributed by atoms with Gasteiger partial charge in [-0.05, 0) is 74.0 Å². The van der Waals surface area contributed by atoms with Crippen molar-refractivity contribution >= 4 is 29.5 Å². The maximum atomic E-state index is 10.5. The second kappa shape index (κ2) is 11.2. The van der Waals surface area contributed by atoms with Gasteiger partial charge in [0.2, 0.25) is 0 Å². The molecule has 3 rings (SSSR count). The Morgan fingerprint density at radius 1 is 0.923 bits per heavy atom. The summed E-state index contributed by atoms with van der Waals surface area (Å²) >= 11 is 4.28. The Morgan fingerprint density at radius 2 is 1.65 bits per heavy atom. The molecule has 0 radical (unpaired) electrons. The van der Waals surface area contributed by atoms with Gasteiger partial charge in [0.25, 0.3) is 0 Å². The van der Waals surface area contributed by atoms with E-state index in [0.717, 1.165) is 35.7 Å². The molecule has 1 aliphatic carbocycles. The van der Waals surface area contributed by atoms with E-state index in [-0.39, 0.29) is 0 Å². The zero-order valence-corrected chi connectivity index (χ0v) is 17.7. The van der Waals surface area contributed by atoms with Crippen LogP contribution in [-0.4, -0.2) is 45.8 Å². The van der Waals surface area contributed by atoms with E-state index in [4.69, 9.17) is 9.84 Å². The first-order chi connectivity index (χ1) is 12.7. The summed E-state index contributed by atoms with van der Waals surface area (Å²) in [7, 11) is 0. The molecule has 150 valence electrons. The Labute approximate surface area is 167 Å². The zero-order chi connectivity index (χ0) is 18.2. The molecule has 1 N–H and O–H groups in total. The topological polar surface area (TPSA) is 46.5 Å². The summed E-state index contributed by atoms with van der Waals surface area (Å²) in [5.74, 6) is 4.54. The molecule has 2 saturated heterocycles. The Bertz CT molecular complexity index is 423. The van der Waals surface area contributed by atoms with Crippen molar-refractivity contribution < 1.29 is 14.6 Å². The molecule has 0 aromatic rings. The molecule has 4 atom stereocenters. The third-order valence-electron chi connectivity index (χ3n) is 6.44. The fourth-order valence-electron chi connectivity index (χ4n) is 4.96. The summed E-state index contributed by atoms with van der Waals surface area (Å²) in [6.45, 7) is 0. The maximum Gasteiger partial charge on any atom is 0.303 e. The maximum absolute atomic E-state index is 10.5. The minimum Gasteiger partial charge on any atom is -0.481 e. The number of ether oxygens (including phenoxy) is 1. The average molecular weight is 401 g/mol. The monoisotopic (exact) mass is 400 g/mol. The van der Waals surface area contributed by atoms with E-state index in [0.29, 0.717) is 18.6 Å². The highest BCUT2D eigenvalue weighted by Gasteiger charge is 2.48. The molecule has 4 unspecified atom stereocenters. The number of aliphatic carboxylic acids is 1. The molecule has 0 aromatic carbocycles. The molecule has 0 amide bonds. The van der Waals surface area contributed by atoms with Crippen molar-refractivity contribution in [3.63, 3.8) is 0 Å². The van der Waals surface area contributed by atoms with Crippen molar-refractivity contribution in [1.29, 1.82) is 0 Å². The molecular formula is C21H36O3S2. The van der Waals surface area contributed by atoms with E-state index in [2.05, 4.69) is 11.8 Å². The number of carbonyl (C=O) groups is 1. The number of hydrogen-bond donors (Lipinski definition) is 1. The van der Waals surface area contributed by atoms with E-state index >= 15 is 0 Å². The lowest BCUT2D eigenvalue weighted by Gasteiger charge is -2.29. The number of carboxylic acid groups (broad SMARTS) is 1. The first-order valence-electron chi connectivity index (χ1n) is 10.8. The number of rotatable bonds is 11. The second-order valence-electron chi connectivity index (χ2n) is 8.32. The highest BCUT2D eigenvalue weighted by Crippen LogP contribution is 2.47. The lowest BCUT2D eigenvalue weighted by atomic mass is 9.79. The van der Waals surface area contributed by atoms with Gasteiger partial charge in [-0.2, -0.15) is 23.5 Å². The molecule has 3 fully saturated rings. The normalized spacial score (nSPS) is 32.0. The van der Waals surface area contributed by atoms with E-state index < -0.39 is 5.97 Å². The molecule has 1 saturated carbocycles. The molecule has 2 bridgehead atoms. The highest BCUT2D eigenvalue weighted by molar-refractivity contribution is 8.00. The van der Waals surface area contributed by atoms with Crippen molar-refractivity contribution in [1.82, 2.24) is 0 Å². The van der Waals surface area contributed by atoms with Crippen LogP contribution in [0.3, 0.4) is 0 Å². The molecule has 3 aliphatic rings. The molecule has 2 aliphatic heterocycles. The van der Waals surface area contributed by atoms with Gasteiger partial charge in [-0.3, -0.25) is 4.79 Å². The predicted molar refractivity (Wildman–Crippen MR) is 112 cm³/mol. The van der Waals surface area contributed by atoms with Crippen LogP contribution in [0.15, 0.2) is 0 Å². The molecule has 2 heterocycles. The van der Waals surface area contributed by atoms with E-state index in [9.17, 15) is 4.79 Å². The van der Waals surface area contributed by atoms with E-state index in [1.807, 2.05) is 11.8 Å². The number of unbranched alkanes of at least 4 members (excludes halogenated alkanes) is 1. The number of fused-ring (bicyclic) bond motifs is 2. The largest absolute Gasteiger partial charge is 0.481 e. The summed E-state index contributed by atoms with van der Waals surface area (Å²) in [5, 5.41) is 9.59. The Morgan fingerprint density at radius 3 is 2.38 bits per heavy atom. The summed E-state index contributed by atoms with van der Waals surface area (Å²) in [6, 6.07) is 0. The lowest BCUT2D eigenvalue weighted by molar-refractivity contribution is -0.137. The number of thioether (sulfide) groups is 2. The molecule has 0 aromatic heterocycles. The van der Waals surface area contributed by atoms with Crippen LogP contribution >= 0.6 is 23.5 Å². The third kappa shape index (κ3) is 6.34. The van der Waals surface area contributed by atoms with Crippen molar-refractivity contribution in [3.8, 4) is 0 Å². The fourth-order valence-corrected chi connectivity index (χ4v) is 7.63. The van der Waals surface area contributed by atoms with Crippen LogP contribution in [0.2, 0.25) is 0 Å². The van der Waals surface area contributed by atoms with Crippen molar-refractivity contribution in [2.75, 3.05) is 17.3 Å². The van der Waals surface area contributed by atoms with E-state index in [1.165, 1.54) is 69.3 Å². The standard InChI is InChI=1S/C21H36O3S2/c22-21(23)9-5-6-13-25-14-12-17-18(20-11-10-19(17)24-20)15-26-16-7-3-1-2-4-8-16/h16-20H,1-15H2,(H,22,23). The van der Waals surface area contributed by atoms with Gasteiger partial charge in [0.15, 0.2) is 0 Å². The van der Waals surface area contributed by atoms with Crippen LogP contribution in [0.1, 0.15) is 77.0 Å². The van der Waals surface area contributed by atoms with Crippen LogP contribution in [-0.2, 0) is 9.53 Å². The van der Waals surface area contributed by atoms with Gasteiger partial charge in [0.1, 0.15) is 0 Å². The number of carboxylic acids is 1. The summed E-state index contributed by atoms with van der Waals surface area (Å²) in [5.41, 5.74) is 0. The van der Waals surface area contributed by atoms with Gasteiger partial charge >= 0.3 is 5.97 Å². The minimum absolute atomic E-state index is 0.321. The molecule has 5 heteroatoms. The minimum atomic E-state index is -0.664. The first-order valence-corrected chi connectivity index (χ1v) is 13.0. The SMILES string of the molecule is O=C(O)CCCCSCCC1C2CCC(O2)C1CSC1CCCCCC1. The van der Waals surface area contributed by atoms with Crippen LogP contribution < -0.4 is 0 Å². The Kier molecular flexibility index (Phi) is 8.99. The molecule has 0 spiro atoms. The summed E-state index contributed by atoms with van der Waals surface area (Å²) in [4.78, 5) is 10.5. The van der Waals surface area contributed by atoms with Gasteiger partial charge < -0.3 is 9.84 Å². The van der Waals surface area contributed by atoms with E-state index in [1.54, 1.807) is 0 Å². The van der Waals surface area contributed by atoms with Gasteiger partial charge in [-0.15, -0.1) is 0 Å². The smallest absolute Gasteiger partial charge is 0.303 e. The lowest BCUT2D eigenvalue weighted by Crippen LogP contribution is -2.30. The Hall–Kier alpha value is 0.130. The predicted octanol–water partition coefficient (Wildman–Crippen LogP) is 5.61. The van der Waals surface area contributed by atoms with Crippen LogP contribution in [0, 0.1) is 11.8 Å². The summed E-state index contributed by atoms with van der Waals surface area (Å²) < 4.78 is 6.30. The van der Waals surface area contributed by atoms with Gasteiger partial charge in [-0.25, -0.2) is 0 Å². The van der Waals surface area contributed by atoms with Crippen LogP contribution in [0.4, 0.5) is 0 Å².